The third-order valence-electron chi connectivity index (χ3n) is 4.64. The Balaban J connectivity index is 1.70. The number of amides is 1. The molecular weight excluding hydrogens is 318 g/mol. The van der Waals surface area contributed by atoms with Crippen molar-refractivity contribution in [1.82, 2.24) is 15.3 Å². The number of nitriles is 1. The van der Waals surface area contributed by atoms with E-state index in [9.17, 15) is 4.79 Å². The van der Waals surface area contributed by atoms with Crippen LogP contribution in [0, 0.1) is 18.3 Å². The number of ether oxygens (including phenoxy) is 1. The van der Waals surface area contributed by atoms with E-state index in [1.54, 1.807) is 6.07 Å². The molecule has 1 aromatic rings. The van der Waals surface area contributed by atoms with Crippen molar-refractivity contribution in [3.05, 3.63) is 17.5 Å². The number of fused-ring (bicyclic) bond motifs is 2. The number of carbonyl (C=O) groups excluding carboxylic acids is 1. The molecule has 134 valence electrons. The summed E-state index contributed by atoms with van der Waals surface area (Å²) < 4.78 is 5.36. The number of nitrogens with zero attached hydrogens (tertiary/aromatic N) is 4. The zero-order valence-corrected chi connectivity index (χ0v) is 15.2. The third kappa shape index (κ3) is 4.01. The minimum atomic E-state index is -0.493. The second-order valence-electron chi connectivity index (χ2n) is 7.91. The van der Waals surface area contributed by atoms with Crippen molar-refractivity contribution in [3.8, 4) is 6.07 Å². The van der Waals surface area contributed by atoms with Gasteiger partial charge >= 0.3 is 6.09 Å². The molecule has 0 aliphatic carbocycles. The number of aryl methyl sites for hydroxylation is 1. The van der Waals surface area contributed by atoms with Crippen LogP contribution in [0.4, 0.5) is 10.7 Å². The second kappa shape index (κ2) is 6.51. The minimum Gasteiger partial charge on any atom is -0.444 e. The summed E-state index contributed by atoms with van der Waals surface area (Å²) in [5, 5.41) is 12.1. The molecule has 0 spiro atoms. The minimum absolute atomic E-state index is 0.101. The molecule has 25 heavy (non-hydrogen) atoms. The highest BCUT2D eigenvalue weighted by atomic mass is 16.6. The molecular formula is C18H25N5O2. The van der Waals surface area contributed by atoms with E-state index in [2.05, 4.69) is 26.3 Å². The van der Waals surface area contributed by atoms with Crippen molar-refractivity contribution in [2.24, 2.45) is 0 Å². The molecule has 3 heterocycles. The van der Waals surface area contributed by atoms with Crippen molar-refractivity contribution < 1.29 is 9.53 Å². The maximum Gasteiger partial charge on any atom is 0.407 e. The number of carbonyl (C=O) groups is 1. The Kier molecular flexibility index (Phi) is 4.55. The van der Waals surface area contributed by atoms with Gasteiger partial charge in [-0.15, -0.1) is 0 Å². The van der Waals surface area contributed by atoms with Gasteiger partial charge in [-0.2, -0.15) is 5.26 Å². The van der Waals surface area contributed by atoms with Crippen LogP contribution < -0.4 is 10.2 Å². The summed E-state index contributed by atoms with van der Waals surface area (Å²) in [7, 11) is 0. The molecule has 1 aromatic heterocycles. The molecule has 3 atom stereocenters. The zero-order chi connectivity index (χ0) is 18.2. The molecule has 2 aliphatic rings. The van der Waals surface area contributed by atoms with Crippen LogP contribution in [0.15, 0.2) is 6.07 Å². The largest absolute Gasteiger partial charge is 0.444 e. The van der Waals surface area contributed by atoms with Crippen molar-refractivity contribution in [2.75, 3.05) is 4.90 Å². The number of hydrogen-bond acceptors (Lipinski definition) is 6. The first-order chi connectivity index (χ1) is 11.7. The molecule has 2 aliphatic heterocycles. The van der Waals surface area contributed by atoms with Crippen LogP contribution in [-0.2, 0) is 4.74 Å². The number of alkyl carbamates (subject to hydrolysis) is 1. The summed E-state index contributed by atoms with van der Waals surface area (Å²) in [6, 6.07) is 4.47. The van der Waals surface area contributed by atoms with E-state index < -0.39 is 5.60 Å². The summed E-state index contributed by atoms with van der Waals surface area (Å²) in [6.45, 7) is 7.47. The van der Waals surface area contributed by atoms with Crippen LogP contribution in [0.25, 0.3) is 0 Å². The predicted molar refractivity (Wildman–Crippen MR) is 93.2 cm³/mol. The topological polar surface area (TPSA) is 91.1 Å². The van der Waals surface area contributed by atoms with Gasteiger partial charge in [-0.3, -0.25) is 0 Å². The fourth-order valence-corrected chi connectivity index (χ4v) is 3.82. The first-order valence-corrected chi connectivity index (χ1v) is 8.79. The molecule has 2 bridgehead atoms. The lowest BCUT2D eigenvalue weighted by molar-refractivity contribution is 0.0492. The Labute approximate surface area is 148 Å². The van der Waals surface area contributed by atoms with Crippen LogP contribution >= 0.6 is 0 Å². The number of piperidine rings is 1. The van der Waals surface area contributed by atoms with Gasteiger partial charge in [0.1, 0.15) is 17.4 Å². The van der Waals surface area contributed by atoms with Crippen LogP contribution in [-0.4, -0.2) is 39.8 Å². The predicted octanol–water partition coefficient (Wildman–Crippen LogP) is 2.68. The maximum absolute atomic E-state index is 12.0. The number of hydrogen-bond donors (Lipinski definition) is 1. The molecule has 7 heteroatoms. The standard InChI is InChI=1S/C18H25N5O2/c1-11-7-13(10-19)21-16(20-11)23-14-5-6-15(23)9-12(8-14)22-17(24)25-18(2,3)4/h7,12,14-15H,5-6,8-9H2,1-4H3,(H,22,24)/t12?,14-,15+. The summed E-state index contributed by atoms with van der Waals surface area (Å²) in [5.41, 5.74) is 0.707. The van der Waals surface area contributed by atoms with E-state index in [1.165, 1.54) is 0 Å². The van der Waals surface area contributed by atoms with Gasteiger partial charge < -0.3 is 15.0 Å². The van der Waals surface area contributed by atoms with Crippen LogP contribution in [0.1, 0.15) is 57.8 Å². The first-order valence-electron chi connectivity index (χ1n) is 8.79. The average molecular weight is 343 g/mol. The monoisotopic (exact) mass is 343 g/mol. The van der Waals surface area contributed by atoms with Crippen molar-refractivity contribution in [3.63, 3.8) is 0 Å². The Morgan fingerprint density at radius 1 is 1.32 bits per heavy atom. The number of nitrogens with one attached hydrogen (secondary N) is 1. The quantitative estimate of drug-likeness (QED) is 0.888. The van der Waals surface area contributed by atoms with Crippen molar-refractivity contribution in [2.45, 2.75) is 77.1 Å². The van der Waals surface area contributed by atoms with E-state index >= 15 is 0 Å². The molecule has 2 saturated heterocycles. The lowest BCUT2D eigenvalue weighted by atomic mass is 9.98. The highest BCUT2D eigenvalue weighted by Crippen LogP contribution is 2.38. The van der Waals surface area contributed by atoms with Gasteiger partial charge in [0.05, 0.1) is 0 Å². The molecule has 1 unspecified atom stereocenters. The zero-order valence-electron chi connectivity index (χ0n) is 15.2. The molecule has 0 radical (unpaired) electrons. The Morgan fingerprint density at radius 3 is 2.52 bits per heavy atom. The summed E-state index contributed by atoms with van der Waals surface area (Å²) in [5.74, 6) is 0.639. The second-order valence-corrected chi connectivity index (χ2v) is 7.91. The highest BCUT2D eigenvalue weighted by molar-refractivity contribution is 5.68. The van der Waals surface area contributed by atoms with Crippen LogP contribution in [0.5, 0.6) is 0 Å². The fraction of sp³-hybridized carbons (Fsp3) is 0.667. The highest BCUT2D eigenvalue weighted by Gasteiger charge is 2.42. The van der Waals surface area contributed by atoms with E-state index in [0.717, 1.165) is 31.4 Å². The lowest BCUT2D eigenvalue weighted by Crippen LogP contribution is -2.51. The normalized spacial score (nSPS) is 25.4. The van der Waals surface area contributed by atoms with Crippen molar-refractivity contribution >= 4 is 12.0 Å². The first kappa shape index (κ1) is 17.5. The fourth-order valence-electron chi connectivity index (χ4n) is 3.82. The van der Waals surface area contributed by atoms with Crippen molar-refractivity contribution in [1.29, 1.82) is 5.26 Å². The Bertz CT molecular complexity index is 692. The number of anilines is 1. The molecule has 2 fully saturated rings. The van der Waals surface area contributed by atoms with Gasteiger partial charge in [0.2, 0.25) is 5.95 Å². The Hall–Kier alpha value is -2.36. The number of aromatic nitrogens is 2. The lowest BCUT2D eigenvalue weighted by Gasteiger charge is -2.39. The molecule has 3 rings (SSSR count). The van der Waals surface area contributed by atoms with Gasteiger partial charge in [0, 0.05) is 23.8 Å². The van der Waals surface area contributed by atoms with E-state index in [-0.39, 0.29) is 24.2 Å². The maximum atomic E-state index is 12.0. The summed E-state index contributed by atoms with van der Waals surface area (Å²) in [6.07, 6.45) is 3.43. The van der Waals surface area contributed by atoms with E-state index in [0.29, 0.717) is 11.6 Å². The molecule has 0 aromatic carbocycles. The van der Waals surface area contributed by atoms with Crippen LogP contribution in [0.2, 0.25) is 0 Å². The van der Waals surface area contributed by atoms with Gasteiger partial charge in [0.25, 0.3) is 0 Å². The summed E-state index contributed by atoms with van der Waals surface area (Å²) in [4.78, 5) is 23.2. The molecule has 7 nitrogen and oxygen atoms in total. The SMILES string of the molecule is Cc1cc(C#N)nc(N2[C@@H]3CC[C@H]2CC(NC(=O)OC(C)(C)C)C3)n1. The smallest absolute Gasteiger partial charge is 0.407 e. The van der Waals surface area contributed by atoms with Gasteiger partial charge in [-0.05, 0) is 59.4 Å². The van der Waals surface area contributed by atoms with Gasteiger partial charge in [-0.1, -0.05) is 0 Å². The van der Waals surface area contributed by atoms with E-state index in [1.807, 2.05) is 27.7 Å². The molecule has 1 amide bonds. The number of rotatable bonds is 2. The van der Waals surface area contributed by atoms with Crippen LogP contribution in [0.3, 0.4) is 0 Å². The molecule has 0 saturated carbocycles. The average Bonchev–Trinajstić information content (AvgIpc) is 2.76. The summed E-state index contributed by atoms with van der Waals surface area (Å²) >= 11 is 0. The van der Waals surface area contributed by atoms with Gasteiger partial charge in [-0.25, -0.2) is 14.8 Å². The molecule has 1 N–H and O–H groups in total. The third-order valence-corrected chi connectivity index (χ3v) is 4.64. The van der Waals surface area contributed by atoms with Gasteiger partial charge in [0.15, 0.2) is 0 Å². The Morgan fingerprint density at radius 2 is 1.96 bits per heavy atom. The van der Waals surface area contributed by atoms with E-state index in [4.69, 9.17) is 10.00 Å².